The summed E-state index contributed by atoms with van der Waals surface area (Å²) in [6.07, 6.45) is 0. The van der Waals surface area contributed by atoms with Crippen molar-refractivity contribution in [2.24, 2.45) is 0 Å². The first-order chi connectivity index (χ1) is 8.82. The molecule has 1 aromatic carbocycles. The first kappa shape index (κ1) is 13.0. The largest absolute Gasteiger partial charge is 0.506 e. The van der Waals surface area contributed by atoms with Crippen molar-refractivity contribution < 1.29 is 19.1 Å². The van der Waals surface area contributed by atoms with E-state index in [2.05, 4.69) is 0 Å². The molecule has 0 fully saturated rings. The van der Waals surface area contributed by atoms with Crippen LogP contribution in [0.1, 0.15) is 40.1 Å². The first-order valence-electron chi connectivity index (χ1n) is 5.65. The summed E-state index contributed by atoms with van der Waals surface area (Å²) in [6, 6.07) is 2.70. The van der Waals surface area contributed by atoms with Crippen molar-refractivity contribution in [3.8, 4) is 5.75 Å². The molecule has 1 aromatic heterocycles. The molecule has 0 radical (unpaired) electrons. The van der Waals surface area contributed by atoms with Gasteiger partial charge >= 0.3 is 5.63 Å². The van der Waals surface area contributed by atoms with Gasteiger partial charge in [-0.15, -0.1) is 0 Å². The van der Waals surface area contributed by atoms with Gasteiger partial charge in [-0.1, -0.05) is 0 Å². The van der Waals surface area contributed by atoms with E-state index in [1.807, 2.05) is 0 Å². The van der Waals surface area contributed by atoms with Gasteiger partial charge in [0.05, 0.1) is 5.56 Å². The van der Waals surface area contributed by atoms with Crippen LogP contribution < -0.4 is 5.63 Å². The lowest BCUT2D eigenvalue weighted by Gasteiger charge is -2.10. The number of phenols is 1. The number of aromatic hydroxyl groups is 1. The number of carbonyl (C=O) groups is 2. The van der Waals surface area contributed by atoms with E-state index in [-0.39, 0.29) is 22.5 Å². The first-order valence-corrected chi connectivity index (χ1v) is 5.65. The van der Waals surface area contributed by atoms with E-state index in [1.54, 1.807) is 6.92 Å². The molecule has 98 valence electrons. The Bertz CT molecular complexity index is 767. The number of benzene rings is 1. The van der Waals surface area contributed by atoms with Crippen molar-refractivity contribution in [2.45, 2.75) is 20.8 Å². The standard InChI is InChI=1S/C14H12O5/c1-6-4-11(17)19-14-9(6)5-10(7(2)15)13(18)12(14)8(3)16/h4-5,18H,1-3H3. The van der Waals surface area contributed by atoms with Crippen LogP contribution in [0, 0.1) is 6.92 Å². The van der Waals surface area contributed by atoms with Crippen LogP contribution in [0.15, 0.2) is 21.3 Å². The van der Waals surface area contributed by atoms with Crippen LogP contribution in [0.3, 0.4) is 0 Å². The lowest BCUT2D eigenvalue weighted by molar-refractivity contribution is 0.101. The van der Waals surface area contributed by atoms with Crippen molar-refractivity contribution in [1.82, 2.24) is 0 Å². The topological polar surface area (TPSA) is 84.6 Å². The van der Waals surface area contributed by atoms with E-state index in [4.69, 9.17) is 4.42 Å². The maximum absolute atomic E-state index is 11.6. The number of Topliss-reactive ketones (excluding diaryl/α,β-unsaturated/α-hetero) is 2. The highest BCUT2D eigenvalue weighted by Crippen LogP contribution is 2.32. The Labute approximate surface area is 108 Å². The Morgan fingerprint density at radius 1 is 1.16 bits per heavy atom. The van der Waals surface area contributed by atoms with Crippen LogP contribution in [0.5, 0.6) is 5.75 Å². The molecule has 5 heteroatoms. The van der Waals surface area contributed by atoms with Crippen molar-refractivity contribution in [3.63, 3.8) is 0 Å². The van der Waals surface area contributed by atoms with E-state index >= 15 is 0 Å². The maximum Gasteiger partial charge on any atom is 0.336 e. The van der Waals surface area contributed by atoms with Crippen LogP contribution >= 0.6 is 0 Å². The zero-order valence-corrected chi connectivity index (χ0v) is 10.7. The van der Waals surface area contributed by atoms with Crippen molar-refractivity contribution >= 4 is 22.5 Å². The molecule has 0 saturated carbocycles. The average molecular weight is 260 g/mol. The van der Waals surface area contributed by atoms with E-state index in [1.165, 1.54) is 26.0 Å². The fraction of sp³-hybridized carbons (Fsp3) is 0.214. The van der Waals surface area contributed by atoms with E-state index in [0.717, 1.165) is 0 Å². The van der Waals surface area contributed by atoms with Crippen molar-refractivity contribution in [1.29, 1.82) is 0 Å². The summed E-state index contributed by atoms with van der Waals surface area (Å²) in [5.74, 6) is -1.28. The number of aryl methyl sites for hydroxylation is 1. The van der Waals surface area contributed by atoms with Crippen molar-refractivity contribution in [2.75, 3.05) is 0 Å². The number of ketones is 2. The van der Waals surface area contributed by atoms with Crippen molar-refractivity contribution in [3.05, 3.63) is 39.2 Å². The van der Waals surface area contributed by atoms with Gasteiger partial charge in [-0.25, -0.2) is 4.79 Å². The van der Waals surface area contributed by atoms with Gasteiger partial charge in [0, 0.05) is 11.5 Å². The molecule has 0 amide bonds. The van der Waals surface area contributed by atoms with Crippen LogP contribution in [0.4, 0.5) is 0 Å². The van der Waals surface area contributed by atoms with Gasteiger partial charge in [-0.05, 0) is 32.4 Å². The van der Waals surface area contributed by atoms with Gasteiger partial charge in [-0.2, -0.15) is 0 Å². The Morgan fingerprint density at radius 2 is 1.79 bits per heavy atom. The fourth-order valence-electron chi connectivity index (χ4n) is 2.03. The molecule has 0 aliphatic heterocycles. The number of carbonyl (C=O) groups excluding carboxylic acids is 2. The SMILES string of the molecule is CC(=O)c1cc2c(C)cc(=O)oc2c(C(C)=O)c1O. The Morgan fingerprint density at radius 3 is 2.32 bits per heavy atom. The maximum atomic E-state index is 11.6. The quantitative estimate of drug-likeness (QED) is 0.661. The molecule has 0 atom stereocenters. The normalized spacial score (nSPS) is 10.7. The predicted octanol–water partition coefficient (Wildman–Crippen LogP) is 2.21. The molecule has 0 bridgehead atoms. The molecule has 0 aliphatic carbocycles. The van der Waals surface area contributed by atoms with Crippen LogP contribution in [-0.4, -0.2) is 16.7 Å². The summed E-state index contributed by atoms with van der Waals surface area (Å²) >= 11 is 0. The third kappa shape index (κ3) is 2.03. The lowest BCUT2D eigenvalue weighted by Crippen LogP contribution is -2.06. The molecule has 0 saturated heterocycles. The summed E-state index contributed by atoms with van der Waals surface area (Å²) in [5, 5.41) is 10.5. The number of hydrogen-bond acceptors (Lipinski definition) is 5. The second-order valence-electron chi connectivity index (χ2n) is 4.39. The van der Waals surface area contributed by atoms with Gasteiger partial charge in [0.2, 0.25) is 0 Å². The number of hydrogen-bond donors (Lipinski definition) is 1. The number of fused-ring (bicyclic) bond motifs is 1. The summed E-state index contributed by atoms with van der Waals surface area (Å²) < 4.78 is 5.00. The summed E-state index contributed by atoms with van der Waals surface area (Å²) in [6.45, 7) is 4.20. The monoisotopic (exact) mass is 260 g/mol. The Balaban J connectivity index is 3.09. The van der Waals surface area contributed by atoms with Crippen LogP contribution in [-0.2, 0) is 0 Å². The molecule has 0 unspecified atom stereocenters. The van der Waals surface area contributed by atoms with E-state index in [9.17, 15) is 19.5 Å². The molecular formula is C14H12O5. The predicted molar refractivity (Wildman–Crippen MR) is 68.9 cm³/mol. The molecule has 2 rings (SSSR count). The zero-order valence-electron chi connectivity index (χ0n) is 10.7. The highest BCUT2D eigenvalue weighted by molar-refractivity contribution is 6.12. The third-order valence-electron chi connectivity index (χ3n) is 2.95. The van der Waals surface area contributed by atoms with Gasteiger partial charge < -0.3 is 9.52 Å². The highest BCUT2D eigenvalue weighted by atomic mass is 16.4. The number of rotatable bonds is 2. The lowest BCUT2D eigenvalue weighted by atomic mass is 9.98. The molecule has 0 aliphatic rings. The third-order valence-corrected chi connectivity index (χ3v) is 2.95. The Hall–Kier alpha value is -2.43. The van der Waals surface area contributed by atoms with Gasteiger partial charge in [0.1, 0.15) is 11.3 Å². The van der Waals surface area contributed by atoms with Crippen LogP contribution in [0.2, 0.25) is 0 Å². The van der Waals surface area contributed by atoms with Gasteiger partial charge in [0.15, 0.2) is 17.1 Å². The fourth-order valence-corrected chi connectivity index (χ4v) is 2.03. The summed E-state index contributed by atoms with van der Waals surface area (Å²) in [5.41, 5.74) is -0.114. The minimum absolute atomic E-state index is 0.0139. The molecule has 1 heterocycles. The molecule has 5 nitrogen and oxygen atoms in total. The second-order valence-corrected chi connectivity index (χ2v) is 4.39. The van der Waals surface area contributed by atoms with E-state index in [0.29, 0.717) is 10.9 Å². The second kappa shape index (κ2) is 4.35. The van der Waals surface area contributed by atoms with Gasteiger partial charge in [0.25, 0.3) is 0 Å². The zero-order chi connectivity index (χ0) is 14.3. The molecular weight excluding hydrogens is 248 g/mol. The number of phenolic OH excluding ortho intramolecular Hbond substituents is 1. The van der Waals surface area contributed by atoms with Gasteiger partial charge in [-0.3, -0.25) is 9.59 Å². The molecule has 0 spiro atoms. The minimum atomic E-state index is -0.609. The van der Waals surface area contributed by atoms with Crippen LogP contribution in [0.25, 0.3) is 11.0 Å². The average Bonchev–Trinajstić information content (AvgIpc) is 2.26. The molecule has 19 heavy (non-hydrogen) atoms. The minimum Gasteiger partial charge on any atom is -0.506 e. The Kier molecular flexibility index (Phi) is 2.98. The van der Waals surface area contributed by atoms with E-state index < -0.39 is 17.2 Å². The molecule has 2 aromatic rings. The molecule has 1 N–H and O–H groups in total. The highest BCUT2D eigenvalue weighted by Gasteiger charge is 2.21. The smallest absolute Gasteiger partial charge is 0.336 e. The summed E-state index contributed by atoms with van der Waals surface area (Å²) in [4.78, 5) is 34.5. The summed E-state index contributed by atoms with van der Waals surface area (Å²) in [7, 11) is 0.